The van der Waals surface area contributed by atoms with Crippen LogP contribution in [0.1, 0.15) is 51.9 Å². The summed E-state index contributed by atoms with van der Waals surface area (Å²) >= 11 is 0. The van der Waals surface area contributed by atoms with Crippen LogP contribution >= 0.6 is 0 Å². The third-order valence-electron chi connectivity index (χ3n) is 4.68. The van der Waals surface area contributed by atoms with Gasteiger partial charge < -0.3 is 10.0 Å². The van der Waals surface area contributed by atoms with E-state index in [9.17, 15) is 23.5 Å². The number of piperidine rings is 1. The molecule has 1 heterocycles. The molecule has 0 aromatic rings. The van der Waals surface area contributed by atoms with Crippen molar-refractivity contribution in [2.45, 2.75) is 63.3 Å². The normalized spacial score (nSPS) is 31.1. The van der Waals surface area contributed by atoms with Crippen LogP contribution in [0.5, 0.6) is 0 Å². The molecular formula is C14H21F2NO3. The number of halogens is 2. The van der Waals surface area contributed by atoms with Gasteiger partial charge in [0.1, 0.15) is 5.54 Å². The van der Waals surface area contributed by atoms with Gasteiger partial charge in [-0.3, -0.25) is 4.79 Å². The number of carbonyl (C=O) groups is 2. The zero-order valence-electron chi connectivity index (χ0n) is 11.7. The predicted molar refractivity (Wildman–Crippen MR) is 68.5 cm³/mol. The van der Waals surface area contributed by atoms with Crippen molar-refractivity contribution < 1.29 is 23.5 Å². The summed E-state index contributed by atoms with van der Waals surface area (Å²) in [4.78, 5) is 25.4. The highest BCUT2D eigenvalue weighted by atomic mass is 19.3. The van der Waals surface area contributed by atoms with Crippen LogP contribution in [0.25, 0.3) is 0 Å². The van der Waals surface area contributed by atoms with E-state index in [1.54, 1.807) is 6.92 Å². The highest BCUT2D eigenvalue weighted by molar-refractivity contribution is 5.88. The molecule has 1 unspecified atom stereocenters. The van der Waals surface area contributed by atoms with Crippen LogP contribution in [0.4, 0.5) is 8.78 Å². The summed E-state index contributed by atoms with van der Waals surface area (Å²) in [7, 11) is 0. The van der Waals surface area contributed by atoms with Gasteiger partial charge in [0.15, 0.2) is 0 Å². The molecule has 4 nitrogen and oxygen atoms in total. The van der Waals surface area contributed by atoms with E-state index in [2.05, 4.69) is 0 Å². The second-order valence-corrected chi connectivity index (χ2v) is 6.16. The lowest BCUT2D eigenvalue weighted by atomic mass is 9.82. The monoisotopic (exact) mass is 289 g/mol. The van der Waals surface area contributed by atoms with E-state index in [0.717, 1.165) is 12.8 Å². The molecule has 2 rings (SSSR count). The number of carbonyl (C=O) groups excluding carboxylic acids is 1. The highest BCUT2D eigenvalue weighted by Gasteiger charge is 2.47. The van der Waals surface area contributed by atoms with E-state index >= 15 is 0 Å². The first kappa shape index (κ1) is 15.2. The first-order chi connectivity index (χ1) is 9.26. The number of carboxylic acids is 1. The molecule has 0 bridgehead atoms. The van der Waals surface area contributed by atoms with Crippen LogP contribution in [0.3, 0.4) is 0 Å². The van der Waals surface area contributed by atoms with Gasteiger partial charge in [-0.05, 0) is 39.0 Å². The second kappa shape index (κ2) is 5.30. The summed E-state index contributed by atoms with van der Waals surface area (Å²) in [6, 6.07) is 0. The fourth-order valence-corrected chi connectivity index (χ4v) is 3.20. The molecule has 1 aliphatic carbocycles. The van der Waals surface area contributed by atoms with Gasteiger partial charge >= 0.3 is 5.97 Å². The van der Waals surface area contributed by atoms with E-state index in [0.29, 0.717) is 13.0 Å². The largest absolute Gasteiger partial charge is 0.480 e. The van der Waals surface area contributed by atoms with Crippen molar-refractivity contribution in [2.24, 2.45) is 5.92 Å². The van der Waals surface area contributed by atoms with Gasteiger partial charge in [0, 0.05) is 25.3 Å². The molecule has 0 aromatic carbocycles. The SMILES string of the molecule is CC1(C(=O)O)CCCCN1C(=O)C1CCC(F)(F)CC1. The van der Waals surface area contributed by atoms with E-state index < -0.39 is 23.3 Å². The average Bonchev–Trinajstić information content (AvgIpc) is 2.38. The van der Waals surface area contributed by atoms with E-state index in [1.807, 2.05) is 0 Å². The van der Waals surface area contributed by atoms with E-state index in [-0.39, 0.29) is 31.6 Å². The molecule has 0 aromatic heterocycles. The fraction of sp³-hybridized carbons (Fsp3) is 0.857. The Hall–Kier alpha value is -1.20. The van der Waals surface area contributed by atoms with Crippen LogP contribution in [-0.2, 0) is 9.59 Å². The maximum atomic E-state index is 13.1. The Balaban J connectivity index is 2.09. The number of carboxylic acid groups (broad SMARTS) is 1. The number of hydrogen-bond donors (Lipinski definition) is 1. The van der Waals surface area contributed by atoms with Crippen LogP contribution < -0.4 is 0 Å². The lowest BCUT2D eigenvalue weighted by molar-refractivity contribution is -0.164. The quantitative estimate of drug-likeness (QED) is 0.850. The van der Waals surface area contributed by atoms with E-state index in [4.69, 9.17) is 0 Å². The average molecular weight is 289 g/mol. The number of hydrogen-bond acceptors (Lipinski definition) is 2. The van der Waals surface area contributed by atoms with Crippen molar-refractivity contribution in [3.63, 3.8) is 0 Å². The second-order valence-electron chi connectivity index (χ2n) is 6.16. The smallest absolute Gasteiger partial charge is 0.329 e. The standard InChI is InChI=1S/C14H21F2NO3/c1-13(12(19)20)6-2-3-9-17(13)11(18)10-4-7-14(15,16)8-5-10/h10H,2-9H2,1H3,(H,19,20). The summed E-state index contributed by atoms with van der Waals surface area (Å²) in [5.41, 5.74) is -1.19. The van der Waals surface area contributed by atoms with Crippen LogP contribution in [0.15, 0.2) is 0 Å². The Morgan fingerprint density at radius 2 is 1.75 bits per heavy atom. The first-order valence-electron chi connectivity index (χ1n) is 7.19. The first-order valence-corrected chi connectivity index (χ1v) is 7.19. The number of aliphatic carboxylic acids is 1. The zero-order valence-corrected chi connectivity index (χ0v) is 11.7. The molecule has 2 aliphatic rings. The Bertz CT molecular complexity index is 403. The van der Waals surface area contributed by atoms with Gasteiger partial charge in [0.05, 0.1) is 0 Å². The molecule has 6 heteroatoms. The highest BCUT2D eigenvalue weighted by Crippen LogP contribution is 2.39. The predicted octanol–water partition coefficient (Wildman–Crippen LogP) is 2.67. The van der Waals surface area contributed by atoms with Crippen molar-refractivity contribution in [3.05, 3.63) is 0 Å². The number of alkyl halides is 2. The van der Waals surface area contributed by atoms with Gasteiger partial charge in [-0.15, -0.1) is 0 Å². The molecule has 2 fully saturated rings. The lowest BCUT2D eigenvalue weighted by Gasteiger charge is -2.44. The van der Waals surface area contributed by atoms with Crippen LogP contribution in [0.2, 0.25) is 0 Å². The molecule has 1 aliphatic heterocycles. The molecule has 1 saturated heterocycles. The molecule has 20 heavy (non-hydrogen) atoms. The van der Waals surface area contributed by atoms with Gasteiger partial charge in [-0.25, -0.2) is 13.6 Å². The van der Waals surface area contributed by atoms with Crippen molar-refractivity contribution >= 4 is 11.9 Å². The van der Waals surface area contributed by atoms with Gasteiger partial charge in [-0.2, -0.15) is 0 Å². The fourth-order valence-electron chi connectivity index (χ4n) is 3.20. The van der Waals surface area contributed by atoms with Crippen molar-refractivity contribution in [3.8, 4) is 0 Å². The van der Waals surface area contributed by atoms with Crippen molar-refractivity contribution in [1.82, 2.24) is 4.90 Å². The van der Waals surface area contributed by atoms with Crippen molar-refractivity contribution in [1.29, 1.82) is 0 Å². The number of nitrogens with zero attached hydrogens (tertiary/aromatic N) is 1. The Morgan fingerprint density at radius 1 is 1.15 bits per heavy atom. The minimum atomic E-state index is -2.67. The summed E-state index contributed by atoms with van der Waals surface area (Å²) < 4.78 is 26.3. The summed E-state index contributed by atoms with van der Waals surface area (Å²) in [6.07, 6.45) is 1.72. The molecule has 114 valence electrons. The summed E-state index contributed by atoms with van der Waals surface area (Å²) in [5.74, 6) is -4.39. The minimum absolute atomic E-state index is 0.151. The lowest BCUT2D eigenvalue weighted by Crippen LogP contribution is -2.59. The van der Waals surface area contributed by atoms with Gasteiger partial charge in [-0.1, -0.05) is 0 Å². The Labute approximate surface area is 117 Å². The third-order valence-corrected chi connectivity index (χ3v) is 4.68. The minimum Gasteiger partial charge on any atom is -0.480 e. The number of likely N-dealkylation sites (tertiary alicyclic amines) is 1. The molecule has 1 N–H and O–H groups in total. The summed E-state index contributed by atoms with van der Waals surface area (Å²) in [6.45, 7) is 1.97. The van der Waals surface area contributed by atoms with Crippen LogP contribution in [0, 0.1) is 5.92 Å². The van der Waals surface area contributed by atoms with Gasteiger partial charge in [0.25, 0.3) is 0 Å². The number of rotatable bonds is 2. The van der Waals surface area contributed by atoms with Gasteiger partial charge in [0.2, 0.25) is 11.8 Å². The van der Waals surface area contributed by atoms with Crippen molar-refractivity contribution in [2.75, 3.05) is 6.54 Å². The maximum Gasteiger partial charge on any atom is 0.329 e. The summed E-state index contributed by atoms with van der Waals surface area (Å²) in [5, 5.41) is 9.38. The van der Waals surface area contributed by atoms with E-state index in [1.165, 1.54) is 4.90 Å². The topological polar surface area (TPSA) is 57.6 Å². The molecule has 1 saturated carbocycles. The molecular weight excluding hydrogens is 268 g/mol. The molecule has 0 spiro atoms. The Kier molecular flexibility index (Phi) is 4.02. The molecule has 0 radical (unpaired) electrons. The number of amides is 1. The maximum absolute atomic E-state index is 13.1. The zero-order chi connectivity index (χ0) is 15.0. The molecule has 1 atom stereocenters. The third kappa shape index (κ3) is 2.79. The Morgan fingerprint density at radius 3 is 2.30 bits per heavy atom. The molecule has 1 amide bonds. The van der Waals surface area contributed by atoms with Crippen LogP contribution in [-0.4, -0.2) is 39.9 Å².